The summed E-state index contributed by atoms with van der Waals surface area (Å²) in [6.07, 6.45) is 4.26. The molecule has 2 aliphatic rings. The van der Waals surface area contributed by atoms with E-state index in [0.29, 0.717) is 18.2 Å². The number of piperidine rings is 1. The number of nitrogens with one attached hydrogen (secondary N) is 1. The lowest BCUT2D eigenvalue weighted by Gasteiger charge is -2.46. The molecule has 2 rings (SSSR count). The van der Waals surface area contributed by atoms with E-state index in [2.05, 4.69) is 24.1 Å². The lowest BCUT2D eigenvalue weighted by atomic mass is 9.97. The fourth-order valence-electron chi connectivity index (χ4n) is 2.95. The van der Waals surface area contributed by atoms with Crippen LogP contribution in [-0.2, 0) is 4.74 Å². The fraction of sp³-hybridized carbons (Fsp3) is 1.00. The maximum Gasteiger partial charge on any atom is 0.0755 e. The first-order chi connectivity index (χ1) is 7.33. The van der Waals surface area contributed by atoms with Crippen LogP contribution in [0.1, 0.15) is 33.1 Å². The second-order valence-corrected chi connectivity index (χ2v) is 4.84. The van der Waals surface area contributed by atoms with E-state index >= 15 is 0 Å². The molecule has 0 radical (unpaired) electrons. The van der Waals surface area contributed by atoms with Crippen LogP contribution < -0.4 is 5.32 Å². The predicted molar refractivity (Wildman–Crippen MR) is 62.1 cm³/mol. The van der Waals surface area contributed by atoms with Crippen molar-refractivity contribution in [3.63, 3.8) is 0 Å². The SMILES string of the molecule is CCCC(C)N1CCO[C@H]2CCNC[C@H]21. The normalized spacial score (nSPS) is 34.8. The summed E-state index contributed by atoms with van der Waals surface area (Å²) in [4.78, 5) is 2.66. The van der Waals surface area contributed by atoms with Gasteiger partial charge in [0.15, 0.2) is 0 Å². The zero-order valence-corrected chi connectivity index (χ0v) is 10.0. The summed E-state index contributed by atoms with van der Waals surface area (Å²) in [5.41, 5.74) is 0. The third kappa shape index (κ3) is 2.52. The minimum atomic E-state index is 0.485. The van der Waals surface area contributed by atoms with Gasteiger partial charge in [0, 0.05) is 25.2 Å². The molecule has 2 aliphatic heterocycles. The molecule has 2 heterocycles. The van der Waals surface area contributed by atoms with Gasteiger partial charge in [0.1, 0.15) is 0 Å². The second-order valence-electron chi connectivity index (χ2n) is 4.84. The largest absolute Gasteiger partial charge is 0.375 e. The third-order valence-corrected chi connectivity index (χ3v) is 3.77. The van der Waals surface area contributed by atoms with E-state index < -0.39 is 0 Å². The second kappa shape index (κ2) is 5.28. The smallest absolute Gasteiger partial charge is 0.0755 e. The molecule has 0 aromatic rings. The summed E-state index contributed by atoms with van der Waals surface area (Å²) in [6.45, 7) is 8.91. The van der Waals surface area contributed by atoms with Crippen molar-refractivity contribution in [1.82, 2.24) is 10.2 Å². The lowest BCUT2D eigenvalue weighted by molar-refractivity contribution is -0.0954. The van der Waals surface area contributed by atoms with Crippen LogP contribution in [0.3, 0.4) is 0 Å². The van der Waals surface area contributed by atoms with Gasteiger partial charge in [-0.2, -0.15) is 0 Å². The topological polar surface area (TPSA) is 24.5 Å². The molecule has 3 atom stereocenters. The molecule has 0 aliphatic carbocycles. The summed E-state index contributed by atoms with van der Waals surface area (Å²) in [5.74, 6) is 0. The van der Waals surface area contributed by atoms with Gasteiger partial charge in [0.2, 0.25) is 0 Å². The summed E-state index contributed by atoms with van der Waals surface area (Å²) < 4.78 is 5.86. The Morgan fingerprint density at radius 3 is 3.20 bits per heavy atom. The highest BCUT2D eigenvalue weighted by Crippen LogP contribution is 2.22. The van der Waals surface area contributed by atoms with E-state index in [0.717, 1.165) is 26.2 Å². The Hall–Kier alpha value is -0.120. The highest BCUT2D eigenvalue weighted by molar-refractivity contribution is 4.91. The van der Waals surface area contributed by atoms with Crippen molar-refractivity contribution in [2.24, 2.45) is 0 Å². The van der Waals surface area contributed by atoms with E-state index in [-0.39, 0.29) is 0 Å². The van der Waals surface area contributed by atoms with Crippen molar-refractivity contribution in [2.75, 3.05) is 26.2 Å². The Balaban J connectivity index is 1.96. The van der Waals surface area contributed by atoms with Gasteiger partial charge >= 0.3 is 0 Å². The molecule has 3 nitrogen and oxygen atoms in total. The molecular formula is C12H24N2O. The Morgan fingerprint density at radius 1 is 1.53 bits per heavy atom. The molecule has 3 heteroatoms. The number of morpholine rings is 1. The number of hydrogen-bond acceptors (Lipinski definition) is 3. The van der Waals surface area contributed by atoms with Crippen LogP contribution in [-0.4, -0.2) is 49.3 Å². The highest BCUT2D eigenvalue weighted by Gasteiger charge is 2.35. The highest BCUT2D eigenvalue weighted by atomic mass is 16.5. The summed E-state index contributed by atoms with van der Waals surface area (Å²) in [6, 6.07) is 1.33. The van der Waals surface area contributed by atoms with Crippen LogP contribution in [0.2, 0.25) is 0 Å². The summed E-state index contributed by atoms with van der Waals surface area (Å²) in [7, 11) is 0. The van der Waals surface area contributed by atoms with E-state index in [9.17, 15) is 0 Å². The Bertz CT molecular complexity index is 196. The standard InChI is InChI=1S/C12H24N2O/c1-3-4-10(2)14-7-8-15-12-5-6-13-9-11(12)14/h10-13H,3-9H2,1-2H3/t10?,11-,12+/m1/s1. The molecule has 88 valence electrons. The fourth-order valence-corrected chi connectivity index (χ4v) is 2.95. The van der Waals surface area contributed by atoms with Gasteiger partial charge in [-0.1, -0.05) is 13.3 Å². The van der Waals surface area contributed by atoms with Gasteiger partial charge < -0.3 is 10.1 Å². The molecule has 0 spiro atoms. The minimum absolute atomic E-state index is 0.485. The molecule has 2 fully saturated rings. The van der Waals surface area contributed by atoms with E-state index in [1.54, 1.807) is 0 Å². The maximum atomic E-state index is 5.86. The number of ether oxygens (including phenoxy) is 1. The molecular weight excluding hydrogens is 188 g/mol. The molecule has 1 N–H and O–H groups in total. The number of nitrogens with zero attached hydrogens (tertiary/aromatic N) is 1. The van der Waals surface area contributed by atoms with Crippen LogP contribution in [0.5, 0.6) is 0 Å². The third-order valence-electron chi connectivity index (χ3n) is 3.77. The van der Waals surface area contributed by atoms with Crippen LogP contribution in [0.15, 0.2) is 0 Å². The van der Waals surface area contributed by atoms with Gasteiger partial charge in [-0.05, 0) is 26.3 Å². The van der Waals surface area contributed by atoms with Gasteiger partial charge in [0.25, 0.3) is 0 Å². The number of fused-ring (bicyclic) bond motifs is 1. The maximum absolute atomic E-state index is 5.86. The molecule has 0 saturated carbocycles. The average Bonchev–Trinajstić information content (AvgIpc) is 2.28. The average molecular weight is 212 g/mol. The van der Waals surface area contributed by atoms with E-state index in [1.807, 2.05) is 0 Å². The van der Waals surface area contributed by atoms with E-state index in [4.69, 9.17) is 4.74 Å². The Labute approximate surface area is 93.2 Å². The predicted octanol–water partition coefficient (Wildman–Crippen LogP) is 1.24. The van der Waals surface area contributed by atoms with Crippen LogP contribution >= 0.6 is 0 Å². The molecule has 0 amide bonds. The lowest BCUT2D eigenvalue weighted by Crippen LogP contribution is -2.61. The zero-order chi connectivity index (χ0) is 10.7. The van der Waals surface area contributed by atoms with Gasteiger partial charge in [-0.25, -0.2) is 0 Å². The van der Waals surface area contributed by atoms with Crippen molar-refractivity contribution in [3.05, 3.63) is 0 Å². The number of rotatable bonds is 3. The van der Waals surface area contributed by atoms with Crippen molar-refractivity contribution >= 4 is 0 Å². The van der Waals surface area contributed by atoms with E-state index in [1.165, 1.54) is 19.3 Å². The first-order valence-electron chi connectivity index (χ1n) is 6.41. The Morgan fingerprint density at radius 2 is 2.40 bits per heavy atom. The van der Waals surface area contributed by atoms with Crippen molar-refractivity contribution in [2.45, 2.75) is 51.3 Å². The molecule has 0 bridgehead atoms. The van der Waals surface area contributed by atoms with Crippen molar-refractivity contribution in [1.29, 1.82) is 0 Å². The van der Waals surface area contributed by atoms with Crippen LogP contribution in [0, 0.1) is 0 Å². The first kappa shape index (κ1) is 11.4. The summed E-state index contributed by atoms with van der Waals surface area (Å²) >= 11 is 0. The van der Waals surface area contributed by atoms with Crippen LogP contribution in [0.4, 0.5) is 0 Å². The zero-order valence-electron chi connectivity index (χ0n) is 10.0. The molecule has 2 saturated heterocycles. The van der Waals surface area contributed by atoms with Gasteiger partial charge in [-0.15, -0.1) is 0 Å². The molecule has 0 aromatic carbocycles. The van der Waals surface area contributed by atoms with Gasteiger partial charge in [-0.3, -0.25) is 4.90 Å². The minimum Gasteiger partial charge on any atom is -0.375 e. The Kier molecular flexibility index (Phi) is 4.00. The van der Waals surface area contributed by atoms with Gasteiger partial charge in [0.05, 0.1) is 12.7 Å². The quantitative estimate of drug-likeness (QED) is 0.762. The molecule has 15 heavy (non-hydrogen) atoms. The van der Waals surface area contributed by atoms with Crippen molar-refractivity contribution < 1.29 is 4.74 Å². The monoisotopic (exact) mass is 212 g/mol. The summed E-state index contributed by atoms with van der Waals surface area (Å²) in [5, 5.41) is 3.49. The molecule has 1 unspecified atom stereocenters. The first-order valence-corrected chi connectivity index (χ1v) is 6.41. The van der Waals surface area contributed by atoms with Crippen molar-refractivity contribution in [3.8, 4) is 0 Å². The number of hydrogen-bond donors (Lipinski definition) is 1. The van der Waals surface area contributed by atoms with Crippen LogP contribution in [0.25, 0.3) is 0 Å². The molecule has 0 aromatic heterocycles.